The maximum atomic E-state index is 13.2. The van der Waals surface area contributed by atoms with E-state index in [0.29, 0.717) is 11.2 Å². The predicted molar refractivity (Wildman–Crippen MR) is 66.7 cm³/mol. The number of aromatic nitrogens is 1. The Morgan fingerprint density at radius 2 is 1.90 bits per heavy atom. The van der Waals surface area contributed by atoms with Gasteiger partial charge < -0.3 is 4.57 Å². The fourth-order valence-corrected chi connectivity index (χ4v) is 2.40. The minimum absolute atomic E-state index is 0.0452. The average Bonchev–Trinajstić information content (AvgIpc) is 2.70. The largest absolute Gasteiger partial charge is 0.418 e. The van der Waals surface area contributed by atoms with Crippen LogP contribution in [-0.4, -0.2) is 4.57 Å². The molecule has 0 saturated carbocycles. The van der Waals surface area contributed by atoms with E-state index in [0.717, 1.165) is 6.07 Å². The number of nitrogens with zero attached hydrogens (tertiary/aromatic N) is 3. The van der Waals surface area contributed by atoms with E-state index in [1.807, 2.05) is 6.07 Å². The molecule has 3 nitrogen and oxygen atoms in total. The van der Waals surface area contributed by atoms with Crippen LogP contribution >= 0.6 is 0 Å². The van der Waals surface area contributed by atoms with Crippen LogP contribution in [0.2, 0.25) is 0 Å². The second-order valence-electron chi connectivity index (χ2n) is 4.49. The maximum absolute atomic E-state index is 13.2. The Morgan fingerprint density at radius 1 is 1.25 bits per heavy atom. The summed E-state index contributed by atoms with van der Waals surface area (Å²) in [5, 5.41) is 17.8. The van der Waals surface area contributed by atoms with Gasteiger partial charge in [0.1, 0.15) is 6.04 Å². The second kappa shape index (κ2) is 4.57. The average molecular weight is 277 g/mol. The molecule has 0 spiro atoms. The summed E-state index contributed by atoms with van der Waals surface area (Å²) in [5.74, 6) is 0. The standard InChI is InChI=1S/C14H10F3N3/c1-8-5-11-12(20(8)9(2)6-18)4-3-10(7-19)13(11)14(15,16)17/h3-5,9H,1-2H3. The number of fused-ring (bicyclic) bond motifs is 1. The molecule has 0 radical (unpaired) electrons. The van der Waals surface area contributed by atoms with Gasteiger partial charge in [-0.25, -0.2) is 0 Å². The molecule has 0 amide bonds. The molecule has 0 aliphatic rings. The first-order valence-electron chi connectivity index (χ1n) is 5.82. The Kier molecular flexibility index (Phi) is 3.19. The van der Waals surface area contributed by atoms with Crippen LogP contribution in [0.25, 0.3) is 10.9 Å². The number of benzene rings is 1. The first-order valence-corrected chi connectivity index (χ1v) is 5.82. The van der Waals surface area contributed by atoms with E-state index in [9.17, 15) is 13.2 Å². The van der Waals surface area contributed by atoms with Gasteiger partial charge in [-0.1, -0.05) is 0 Å². The van der Waals surface area contributed by atoms with Crippen LogP contribution < -0.4 is 0 Å². The third kappa shape index (κ3) is 2.00. The summed E-state index contributed by atoms with van der Waals surface area (Å²) >= 11 is 0. The van der Waals surface area contributed by atoms with E-state index in [-0.39, 0.29) is 5.39 Å². The van der Waals surface area contributed by atoms with Crippen molar-refractivity contribution in [1.82, 2.24) is 4.57 Å². The lowest BCUT2D eigenvalue weighted by Gasteiger charge is -2.13. The molecule has 102 valence electrons. The van der Waals surface area contributed by atoms with Gasteiger partial charge in [0.25, 0.3) is 0 Å². The van der Waals surface area contributed by atoms with Gasteiger partial charge >= 0.3 is 6.18 Å². The highest BCUT2D eigenvalue weighted by molar-refractivity contribution is 5.87. The highest BCUT2D eigenvalue weighted by Gasteiger charge is 2.36. The van der Waals surface area contributed by atoms with Gasteiger partial charge in [0.05, 0.1) is 28.8 Å². The van der Waals surface area contributed by atoms with E-state index < -0.39 is 23.3 Å². The van der Waals surface area contributed by atoms with Crippen molar-refractivity contribution < 1.29 is 13.2 Å². The van der Waals surface area contributed by atoms with Crippen LogP contribution in [0.15, 0.2) is 18.2 Å². The Morgan fingerprint density at radius 3 is 2.40 bits per heavy atom. The van der Waals surface area contributed by atoms with E-state index in [1.165, 1.54) is 16.7 Å². The molecule has 20 heavy (non-hydrogen) atoms. The molecule has 0 N–H and O–H groups in total. The zero-order valence-corrected chi connectivity index (χ0v) is 10.8. The monoisotopic (exact) mass is 277 g/mol. The highest BCUT2D eigenvalue weighted by atomic mass is 19.4. The summed E-state index contributed by atoms with van der Waals surface area (Å²) in [6, 6.07) is 6.95. The van der Waals surface area contributed by atoms with Gasteiger partial charge in [0.2, 0.25) is 0 Å². The lowest BCUT2D eigenvalue weighted by molar-refractivity contribution is -0.136. The Hall–Kier alpha value is -2.47. The maximum Gasteiger partial charge on any atom is 0.418 e. The van der Waals surface area contributed by atoms with E-state index in [2.05, 4.69) is 0 Å². The normalized spacial score (nSPS) is 12.9. The lowest BCUT2D eigenvalue weighted by atomic mass is 10.0. The van der Waals surface area contributed by atoms with Gasteiger partial charge in [-0.2, -0.15) is 23.7 Å². The summed E-state index contributed by atoms with van der Waals surface area (Å²) in [6.45, 7) is 3.25. The zero-order valence-electron chi connectivity index (χ0n) is 10.8. The number of rotatable bonds is 1. The molecular formula is C14H10F3N3. The zero-order chi connectivity index (χ0) is 15.1. The number of hydrogen-bond donors (Lipinski definition) is 0. The minimum atomic E-state index is -4.61. The first kappa shape index (κ1) is 14.0. The molecule has 2 rings (SSSR count). The second-order valence-corrected chi connectivity index (χ2v) is 4.49. The SMILES string of the molecule is Cc1cc2c(C(F)(F)F)c(C#N)ccc2n1C(C)C#N. The van der Waals surface area contributed by atoms with Crippen LogP contribution in [0.1, 0.15) is 29.8 Å². The van der Waals surface area contributed by atoms with Crippen LogP contribution in [0.5, 0.6) is 0 Å². The number of alkyl halides is 3. The van der Waals surface area contributed by atoms with Crippen LogP contribution in [-0.2, 0) is 6.18 Å². The number of halogens is 3. The van der Waals surface area contributed by atoms with Gasteiger partial charge in [0, 0.05) is 11.1 Å². The van der Waals surface area contributed by atoms with Crippen molar-refractivity contribution in [3.05, 3.63) is 35.0 Å². The van der Waals surface area contributed by atoms with Crippen molar-refractivity contribution in [2.45, 2.75) is 26.1 Å². The third-order valence-electron chi connectivity index (χ3n) is 3.19. The molecule has 0 fully saturated rings. The predicted octanol–water partition coefficient (Wildman–Crippen LogP) is 3.92. The Bertz CT molecular complexity index is 757. The highest BCUT2D eigenvalue weighted by Crippen LogP contribution is 2.39. The van der Waals surface area contributed by atoms with Crippen molar-refractivity contribution >= 4 is 10.9 Å². The molecule has 1 heterocycles. The van der Waals surface area contributed by atoms with Gasteiger partial charge in [-0.05, 0) is 32.0 Å². The van der Waals surface area contributed by atoms with Crippen molar-refractivity contribution in [2.24, 2.45) is 0 Å². The molecule has 1 atom stereocenters. The van der Waals surface area contributed by atoms with E-state index in [4.69, 9.17) is 10.5 Å². The van der Waals surface area contributed by atoms with Crippen LogP contribution in [0.4, 0.5) is 13.2 Å². The number of nitriles is 2. The molecule has 0 aliphatic carbocycles. The molecule has 1 aromatic carbocycles. The van der Waals surface area contributed by atoms with Crippen LogP contribution in [0, 0.1) is 29.6 Å². The topological polar surface area (TPSA) is 52.5 Å². The minimum Gasteiger partial charge on any atom is -0.329 e. The van der Waals surface area contributed by atoms with Crippen LogP contribution in [0.3, 0.4) is 0 Å². The van der Waals surface area contributed by atoms with E-state index >= 15 is 0 Å². The fourth-order valence-electron chi connectivity index (χ4n) is 2.40. The van der Waals surface area contributed by atoms with Crippen molar-refractivity contribution in [3.63, 3.8) is 0 Å². The summed E-state index contributed by atoms with van der Waals surface area (Å²) in [6.07, 6.45) is -4.61. The molecule has 6 heteroatoms. The van der Waals surface area contributed by atoms with Gasteiger partial charge in [0.15, 0.2) is 0 Å². The smallest absolute Gasteiger partial charge is 0.329 e. The summed E-state index contributed by atoms with van der Waals surface area (Å²) < 4.78 is 41.0. The fraction of sp³-hybridized carbons (Fsp3) is 0.286. The summed E-state index contributed by atoms with van der Waals surface area (Å²) in [7, 11) is 0. The van der Waals surface area contributed by atoms with Gasteiger partial charge in [-0.15, -0.1) is 0 Å². The molecular weight excluding hydrogens is 267 g/mol. The van der Waals surface area contributed by atoms with E-state index in [1.54, 1.807) is 19.9 Å². The third-order valence-corrected chi connectivity index (χ3v) is 3.19. The summed E-state index contributed by atoms with van der Waals surface area (Å²) in [5.41, 5.74) is -0.492. The Labute approximate surface area is 113 Å². The molecule has 0 saturated heterocycles. The van der Waals surface area contributed by atoms with Crippen molar-refractivity contribution in [1.29, 1.82) is 10.5 Å². The first-order chi connectivity index (χ1) is 9.31. The van der Waals surface area contributed by atoms with Gasteiger partial charge in [-0.3, -0.25) is 0 Å². The number of hydrogen-bond acceptors (Lipinski definition) is 2. The van der Waals surface area contributed by atoms with Crippen molar-refractivity contribution in [3.8, 4) is 12.1 Å². The lowest BCUT2D eigenvalue weighted by Crippen LogP contribution is -2.09. The quantitative estimate of drug-likeness (QED) is 0.793. The summed E-state index contributed by atoms with van der Waals surface area (Å²) in [4.78, 5) is 0. The molecule has 0 bridgehead atoms. The molecule has 1 aromatic heterocycles. The Balaban J connectivity index is 2.92. The van der Waals surface area contributed by atoms with Crippen molar-refractivity contribution in [2.75, 3.05) is 0 Å². The molecule has 2 aromatic rings. The number of aryl methyl sites for hydroxylation is 1. The molecule has 0 aliphatic heterocycles. The molecule has 1 unspecified atom stereocenters.